The van der Waals surface area contributed by atoms with Crippen LogP contribution in [0, 0.1) is 0 Å². The van der Waals surface area contributed by atoms with E-state index in [1.165, 1.54) is 0 Å². The van der Waals surface area contributed by atoms with Crippen LogP contribution in [0.1, 0.15) is 5.76 Å². The van der Waals surface area contributed by atoms with Crippen molar-refractivity contribution in [3.63, 3.8) is 0 Å². The lowest BCUT2D eigenvalue weighted by molar-refractivity contribution is 0.488. The third-order valence-corrected chi connectivity index (χ3v) is 2.50. The minimum absolute atomic E-state index is 0. The predicted molar refractivity (Wildman–Crippen MR) is 65.2 cm³/mol. The molecule has 0 saturated carbocycles. The molecule has 0 unspecified atom stereocenters. The molecule has 0 amide bonds. The Kier molecular flexibility index (Phi) is 8.94. The monoisotopic (exact) mass is 233 g/mol. The van der Waals surface area contributed by atoms with Gasteiger partial charge in [-0.25, -0.2) is 0 Å². The molecule has 0 fully saturated rings. The van der Waals surface area contributed by atoms with Crippen LogP contribution in [0.5, 0.6) is 0 Å². The van der Waals surface area contributed by atoms with E-state index in [2.05, 4.69) is 11.9 Å². The van der Waals surface area contributed by atoms with Crippen LogP contribution in [0.25, 0.3) is 0 Å². The number of thioether (sulfide) groups is 1. The highest BCUT2D eigenvalue weighted by Crippen LogP contribution is 2.00. The molecule has 2 nitrogen and oxygen atoms in total. The molecule has 0 spiro atoms. The van der Waals surface area contributed by atoms with Crippen molar-refractivity contribution in [2.45, 2.75) is 6.54 Å². The first-order chi connectivity index (χ1) is 6.43. The normalized spacial score (nSPS) is 9.43. The van der Waals surface area contributed by atoms with Gasteiger partial charge in [-0.05, 0) is 12.1 Å². The van der Waals surface area contributed by atoms with Crippen LogP contribution in [-0.2, 0) is 6.54 Å². The fourth-order valence-corrected chi connectivity index (χ4v) is 1.56. The van der Waals surface area contributed by atoms with Crippen molar-refractivity contribution >= 4 is 24.2 Å². The third kappa shape index (κ3) is 6.13. The molecule has 1 aromatic heterocycles. The van der Waals surface area contributed by atoms with Gasteiger partial charge in [0.25, 0.3) is 0 Å². The second-order valence-electron chi connectivity index (χ2n) is 2.62. The Labute approximate surface area is 95.6 Å². The maximum Gasteiger partial charge on any atom is 0.117 e. The number of nitrogens with one attached hydrogen (secondary N) is 1. The molecule has 0 atom stereocenters. The Morgan fingerprint density at radius 2 is 2.43 bits per heavy atom. The Hall–Kier alpha value is -0.380. The molecule has 1 N–H and O–H groups in total. The topological polar surface area (TPSA) is 25.2 Å². The number of hydrogen-bond donors (Lipinski definition) is 1. The molecule has 1 rings (SSSR count). The molecule has 0 radical (unpaired) electrons. The summed E-state index contributed by atoms with van der Waals surface area (Å²) in [6, 6.07) is 3.88. The van der Waals surface area contributed by atoms with Crippen molar-refractivity contribution < 1.29 is 4.42 Å². The van der Waals surface area contributed by atoms with Gasteiger partial charge in [0.15, 0.2) is 0 Å². The highest BCUT2D eigenvalue weighted by Gasteiger charge is 1.93. The van der Waals surface area contributed by atoms with Gasteiger partial charge in [-0.1, -0.05) is 6.08 Å². The highest BCUT2D eigenvalue weighted by molar-refractivity contribution is 7.99. The molecular weight excluding hydrogens is 218 g/mol. The average Bonchev–Trinajstić information content (AvgIpc) is 2.63. The summed E-state index contributed by atoms with van der Waals surface area (Å²) >= 11 is 1.88. The number of rotatable bonds is 7. The van der Waals surface area contributed by atoms with E-state index in [9.17, 15) is 0 Å². The van der Waals surface area contributed by atoms with Gasteiger partial charge in [0.1, 0.15) is 5.76 Å². The second-order valence-corrected chi connectivity index (χ2v) is 3.77. The second kappa shape index (κ2) is 9.19. The molecule has 0 aliphatic carbocycles. The fourth-order valence-electron chi connectivity index (χ4n) is 0.936. The summed E-state index contributed by atoms with van der Waals surface area (Å²) in [5.74, 6) is 3.14. The van der Waals surface area contributed by atoms with Crippen molar-refractivity contribution in [3.8, 4) is 0 Å². The lowest BCUT2D eigenvalue weighted by atomic mass is 10.4. The molecule has 80 valence electrons. The maximum absolute atomic E-state index is 5.18. The predicted octanol–water partition coefficient (Wildman–Crippen LogP) is 2.71. The van der Waals surface area contributed by atoms with Crippen molar-refractivity contribution in [2.24, 2.45) is 0 Å². The summed E-state index contributed by atoms with van der Waals surface area (Å²) in [6.45, 7) is 5.50. The van der Waals surface area contributed by atoms with Gasteiger partial charge in [0.2, 0.25) is 0 Å². The lowest BCUT2D eigenvalue weighted by Gasteiger charge is -2.00. The molecule has 0 aromatic carbocycles. The molecule has 0 aliphatic heterocycles. The molecule has 14 heavy (non-hydrogen) atoms. The Bertz CT molecular complexity index is 226. The molecule has 0 saturated heterocycles. The summed E-state index contributed by atoms with van der Waals surface area (Å²) in [5.41, 5.74) is 0. The Morgan fingerprint density at radius 3 is 3.07 bits per heavy atom. The average molecular weight is 234 g/mol. The Morgan fingerprint density at radius 1 is 1.57 bits per heavy atom. The summed E-state index contributed by atoms with van der Waals surface area (Å²) in [6.07, 6.45) is 3.63. The van der Waals surface area contributed by atoms with Crippen LogP contribution < -0.4 is 5.32 Å². The highest BCUT2D eigenvalue weighted by atomic mass is 35.5. The van der Waals surface area contributed by atoms with Gasteiger partial charge >= 0.3 is 0 Å². The fraction of sp³-hybridized carbons (Fsp3) is 0.400. The van der Waals surface area contributed by atoms with Crippen LogP contribution in [0.3, 0.4) is 0 Å². The smallest absolute Gasteiger partial charge is 0.117 e. The van der Waals surface area contributed by atoms with Crippen LogP contribution >= 0.6 is 24.2 Å². The van der Waals surface area contributed by atoms with Crippen molar-refractivity contribution in [2.75, 3.05) is 18.1 Å². The minimum atomic E-state index is 0. The lowest BCUT2D eigenvalue weighted by Crippen LogP contribution is -2.16. The molecule has 1 aromatic rings. The first-order valence-electron chi connectivity index (χ1n) is 4.35. The van der Waals surface area contributed by atoms with Crippen molar-refractivity contribution in [1.82, 2.24) is 5.32 Å². The maximum atomic E-state index is 5.18. The zero-order valence-corrected chi connectivity index (χ0v) is 9.70. The summed E-state index contributed by atoms with van der Waals surface area (Å²) in [5, 5.41) is 3.30. The molecule has 0 bridgehead atoms. The van der Waals surface area contributed by atoms with Gasteiger partial charge in [0, 0.05) is 18.1 Å². The van der Waals surface area contributed by atoms with Gasteiger partial charge in [0.05, 0.1) is 12.8 Å². The molecule has 1 heterocycles. The first-order valence-corrected chi connectivity index (χ1v) is 5.50. The standard InChI is InChI=1S/C10H15NOS.ClH/c1-2-7-13-8-5-11-9-10-4-3-6-12-10;/h2-4,6,11H,1,5,7-9H2;1H. The van der Waals surface area contributed by atoms with Crippen LogP contribution in [0.2, 0.25) is 0 Å². The van der Waals surface area contributed by atoms with Crippen molar-refractivity contribution in [3.05, 3.63) is 36.8 Å². The quantitative estimate of drug-likeness (QED) is 0.579. The van der Waals surface area contributed by atoms with E-state index < -0.39 is 0 Å². The largest absolute Gasteiger partial charge is 0.468 e. The minimum Gasteiger partial charge on any atom is -0.468 e. The zero-order chi connectivity index (χ0) is 9.36. The van der Waals surface area contributed by atoms with Gasteiger partial charge in [-0.3, -0.25) is 0 Å². The number of furan rings is 1. The van der Waals surface area contributed by atoms with E-state index in [1.807, 2.05) is 30.0 Å². The van der Waals surface area contributed by atoms with Gasteiger partial charge in [-0.2, -0.15) is 11.8 Å². The van der Waals surface area contributed by atoms with Gasteiger partial charge in [-0.15, -0.1) is 19.0 Å². The van der Waals surface area contributed by atoms with Crippen LogP contribution in [-0.4, -0.2) is 18.1 Å². The molecular formula is C10H16ClNOS. The summed E-state index contributed by atoms with van der Waals surface area (Å²) < 4.78 is 5.18. The third-order valence-electron chi connectivity index (χ3n) is 1.54. The molecule has 4 heteroatoms. The van der Waals surface area contributed by atoms with E-state index in [0.717, 1.165) is 30.4 Å². The zero-order valence-electron chi connectivity index (χ0n) is 8.07. The molecule has 0 aliphatic rings. The van der Waals surface area contributed by atoms with Crippen LogP contribution in [0.4, 0.5) is 0 Å². The van der Waals surface area contributed by atoms with Crippen molar-refractivity contribution in [1.29, 1.82) is 0 Å². The SMILES string of the molecule is C=CCSCCNCc1ccco1.Cl. The van der Waals surface area contributed by atoms with E-state index in [-0.39, 0.29) is 12.4 Å². The van der Waals surface area contributed by atoms with Crippen LogP contribution in [0.15, 0.2) is 35.5 Å². The summed E-state index contributed by atoms with van der Waals surface area (Å²) in [4.78, 5) is 0. The van der Waals surface area contributed by atoms with Gasteiger partial charge < -0.3 is 9.73 Å². The van der Waals surface area contributed by atoms with E-state index in [0.29, 0.717) is 0 Å². The summed E-state index contributed by atoms with van der Waals surface area (Å²) in [7, 11) is 0. The van der Waals surface area contributed by atoms with E-state index in [4.69, 9.17) is 4.42 Å². The number of hydrogen-bond acceptors (Lipinski definition) is 3. The van der Waals surface area contributed by atoms with E-state index >= 15 is 0 Å². The first kappa shape index (κ1) is 13.6. The Balaban J connectivity index is 0.00000169. The van der Waals surface area contributed by atoms with E-state index in [1.54, 1.807) is 6.26 Å². The number of halogens is 1.